The minimum Gasteiger partial charge on any atom is -0.386 e. The van der Waals surface area contributed by atoms with Gasteiger partial charge in [0.15, 0.2) is 0 Å². The highest BCUT2D eigenvalue weighted by Gasteiger charge is 2.15. The highest BCUT2D eigenvalue weighted by atomic mass is 35.5. The first-order valence-corrected chi connectivity index (χ1v) is 6.20. The lowest BCUT2D eigenvalue weighted by Gasteiger charge is -2.15. The van der Waals surface area contributed by atoms with E-state index in [1.807, 2.05) is 6.92 Å². The Morgan fingerprint density at radius 3 is 2.53 bits per heavy atom. The predicted molar refractivity (Wildman–Crippen MR) is 69.3 cm³/mol. The number of benzene rings is 1. The van der Waals surface area contributed by atoms with Gasteiger partial charge in [0.1, 0.15) is 0 Å². The lowest BCUT2D eigenvalue weighted by molar-refractivity contribution is -0.121. The lowest BCUT2D eigenvalue weighted by Crippen LogP contribution is -2.28. The van der Waals surface area contributed by atoms with Crippen LogP contribution in [-0.2, 0) is 4.79 Å². The van der Waals surface area contributed by atoms with E-state index in [-0.39, 0.29) is 12.5 Å². The molecule has 0 unspecified atom stereocenters. The summed E-state index contributed by atoms with van der Waals surface area (Å²) in [6.45, 7) is 2.03. The van der Waals surface area contributed by atoms with Gasteiger partial charge in [-0.2, -0.15) is 0 Å². The molecule has 1 atom stereocenters. The molecule has 0 radical (unpaired) electrons. The Hall–Kier alpha value is -0.770. The molecule has 0 saturated carbocycles. The monoisotopic (exact) mass is 275 g/mol. The summed E-state index contributed by atoms with van der Waals surface area (Å²) < 4.78 is 0. The molecular formula is C12H15Cl2NO2. The Kier molecular flexibility index (Phi) is 5.75. The van der Waals surface area contributed by atoms with Gasteiger partial charge in [-0.05, 0) is 18.6 Å². The normalized spacial score (nSPS) is 12.2. The molecular weight excluding hydrogens is 261 g/mol. The van der Waals surface area contributed by atoms with Crippen molar-refractivity contribution < 1.29 is 9.90 Å². The van der Waals surface area contributed by atoms with E-state index in [4.69, 9.17) is 23.2 Å². The Bertz CT molecular complexity index is 376. The summed E-state index contributed by atoms with van der Waals surface area (Å²) in [7, 11) is 0. The summed E-state index contributed by atoms with van der Waals surface area (Å²) in [5.74, 6) is -0.0882. The molecule has 1 rings (SSSR count). The molecule has 1 amide bonds. The number of carbonyl (C=O) groups is 1. The highest BCUT2D eigenvalue weighted by Crippen LogP contribution is 2.29. The number of amides is 1. The first-order valence-electron chi connectivity index (χ1n) is 5.45. The fourth-order valence-corrected chi connectivity index (χ4v) is 2.11. The van der Waals surface area contributed by atoms with Crippen molar-refractivity contribution >= 4 is 29.1 Å². The SMILES string of the molecule is CCCC(=O)NC[C@@H](O)c1c(Cl)cccc1Cl. The Balaban J connectivity index is 2.64. The van der Waals surface area contributed by atoms with Gasteiger partial charge in [0, 0.05) is 28.6 Å². The summed E-state index contributed by atoms with van der Waals surface area (Å²) in [6.07, 6.45) is 0.328. The minimum absolute atomic E-state index is 0.0882. The fourth-order valence-electron chi connectivity index (χ4n) is 1.46. The topological polar surface area (TPSA) is 49.3 Å². The van der Waals surface area contributed by atoms with Crippen molar-refractivity contribution in [3.63, 3.8) is 0 Å². The molecule has 17 heavy (non-hydrogen) atoms. The quantitative estimate of drug-likeness (QED) is 0.868. The molecule has 0 aliphatic carbocycles. The number of halogens is 2. The number of aliphatic hydroxyl groups excluding tert-OH is 1. The van der Waals surface area contributed by atoms with E-state index >= 15 is 0 Å². The third-order valence-electron chi connectivity index (χ3n) is 2.30. The summed E-state index contributed by atoms with van der Waals surface area (Å²) in [4.78, 5) is 11.3. The number of carbonyl (C=O) groups excluding carboxylic acids is 1. The number of hydrogen-bond donors (Lipinski definition) is 2. The third-order valence-corrected chi connectivity index (χ3v) is 2.96. The molecule has 0 spiro atoms. The van der Waals surface area contributed by atoms with Crippen LogP contribution < -0.4 is 5.32 Å². The molecule has 2 N–H and O–H groups in total. The second-order valence-corrected chi connectivity index (χ2v) is 4.52. The first-order chi connectivity index (χ1) is 8.06. The van der Waals surface area contributed by atoms with E-state index in [0.29, 0.717) is 22.0 Å². The van der Waals surface area contributed by atoms with E-state index < -0.39 is 6.10 Å². The number of aliphatic hydroxyl groups is 1. The zero-order chi connectivity index (χ0) is 12.8. The molecule has 3 nitrogen and oxygen atoms in total. The van der Waals surface area contributed by atoms with Crippen LogP contribution in [0.15, 0.2) is 18.2 Å². The zero-order valence-electron chi connectivity index (χ0n) is 9.54. The van der Waals surface area contributed by atoms with Crippen LogP contribution in [0.3, 0.4) is 0 Å². The van der Waals surface area contributed by atoms with E-state index in [2.05, 4.69) is 5.32 Å². The summed E-state index contributed by atoms with van der Waals surface area (Å²) >= 11 is 11.9. The molecule has 0 heterocycles. The van der Waals surface area contributed by atoms with Gasteiger partial charge in [-0.25, -0.2) is 0 Å². The van der Waals surface area contributed by atoms with Gasteiger partial charge < -0.3 is 10.4 Å². The molecule has 94 valence electrons. The Morgan fingerprint density at radius 1 is 1.41 bits per heavy atom. The Labute approximate surface area is 111 Å². The summed E-state index contributed by atoms with van der Waals surface area (Å²) in [5.41, 5.74) is 0.452. The number of rotatable bonds is 5. The van der Waals surface area contributed by atoms with Crippen molar-refractivity contribution in [2.45, 2.75) is 25.9 Å². The minimum atomic E-state index is -0.892. The molecule has 5 heteroatoms. The summed E-state index contributed by atoms with van der Waals surface area (Å²) in [5, 5.41) is 13.3. The lowest BCUT2D eigenvalue weighted by atomic mass is 10.1. The average Bonchev–Trinajstić information content (AvgIpc) is 2.26. The van der Waals surface area contributed by atoms with E-state index in [1.165, 1.54) is 0 Å². The van der Waals surface area contributed by atoms with Crippen LogP contribution in [0.25, 0.3) is 0 Å². The third kappa shape index (κ3) is 4.19. The van der Waals surface area contributed by atoms with E-state index in [9.17, 15) is 9.90 Å². The maximum absolute atomic E-state index is 11.3. The molecule has 1 aromatic carbocycles. The maximum atomic E-state index is 11.3. The molecule has 0 aliphatic rings. The van der Waals surface area contributed by atoms with Gasteiger partial charge in [0.05, 0.1) is 6.10 Å². The van der Waals surface area contributed by atoms with Crippen molar-refractivity contribution in [2.75, 3.05) is 6.54 Å². The van der Waals surface area contributed by atoms with Gasteiger partial charge in [0.2, 0.25) is 5.91 Å². The zero-order valence-corrected chi connectivity index (χ0v) is 11.1. The van der Waals surface area contributed by atoms with Crippen LogP contribution in [0, 0.1) is 0 Å². The molecule has 0 saturated heterocycles. The fraction of sp³-hybridized carbons (Fsp3) is 0.417. The number of nitrogens with one attached hydrogen (secondary N) is 1. The average molecular weight is 276 g/mol. The smallest absolute Gasteiger partial charge is 0.220 e. The highest BCUT2D eigenvalue weighted by molar-refractivity contribution is 6.36. The number of hydrogen-bond acceptors (Lipinski definition) is 2. The van der Waals surface area contributed by atoms with Crippen LogP contribution >= 0.6 is 23.2 Å². The van der Waals surface area contributed by atoms with Gasteiger partial charge in [-0.3, -0.25) is 4.79 Å². The molecule has 0 aromatic heterocycles. The van der Waals surface area contributed by atoms with Crippen molar-refractivity contribution in [1.82, 2.24) is 5.32 Å². The van der Waals surface area contributed by atoms with Gasteiger partial charge in [-0.15, -0.1) is 0 Å². The van der Waals surface area contributed by atoms with E-state index in [0.717, 1.165) is 6.42 Å². The van der Waals surface area contributed by atoms with Crippen molar-refractivity contribution in [1.29, 1.82) is 0 Å². The second kappa shape index (κ2) is 6.84. The predicted octanol–water partition coefficient (Wildman–Crippen LogP) is 2.94. The second-order valence-electron chi connectivity index (χ2n) is 3.71. The van der Waals surface area contributed by atoms with Crippen LogP contribution in [0.1, 0.15) is 31.4 Å². The maximum Gasteiger partial charge on any atom is 0.220 e. The van der Waals surface area contributed by atoms with Gasteiger partial charge >= 0.3 is 0 Å². The van der Waals surface area contributed by atoms with Gasteiger partial charge in [-0.1, -0.05) is 36.2 Å². The van der Waals surface area contributed by atoms with Crippen LogP contribution in [0.5, 0.6) is 0 Å². The van der Waals surface area contributed by atoms with Crippen molar-refractivity contribution in [3.05, 3.63) is 33.8 Å². The van der Waals surface area contributed by atoms with Gasteiger partial charge in [0.25, 0.3) is 0 Å². The van der Waals surface area contributed by atoms with Crippen LogP contribution in [0.2, 0.25) is 10.0 Å². The molecule has 0 aliphatic heterocycles. The Morgan fingerprint density at radius 2 is 2.00 bits per heavy atom. The summed E-state index contributed by atoms with van der Waals surface area (Å²) in [6, 6.07) is 5.01. The van der Waals surface area contributed by atoms with Crippen molar-refractivity contribution in [2.24, 2.45) is 0 Å². The largest absolute Gasteiger partial charge is 0.386 e. The first kappa shape index (κ1) is 14.3. The molecule has 1 aromatic rings. The van der Waals surface area contributed by atoms with Crippen LogP contribution in [0.4, 0.5) is 0 Å². The van der Waals surface area contributed by atoms with E-state index in [1.54, 1.807) is 18.2 Å². The van der Waals surface area contributed by atoms with Crippen LogP contribution in [-0.4, -0.2) is 17.6 Å². The standard InChI is InChI=1S/C12H15Cl2NO2/c1-2-4-11(17)15-7-10(16)12-8(13)5-3-6-9(12)14/h3,5-6,10,16H,2,4,7H2,1H3,(H,15,17)/t10-/m1/s1. The molecule has 0 fully saturated rings. The van der Waals surface area contributed by atoms with Crippen molar-refractivity contribution in [3.8, 4) is 0 Å². The molecule has 0 bridgehead atoms.